The summed E-state index contributed by atoms with van der Waals surface area (Å²) in [7, 11) is 1.81. The standard InChI is InChI=1S/C11H15N5O2/c1-3-16(5-4-9(17)18)11-8-6-14-15(2)10(8)12-7-13-11/h6-7H,3-5H2,1-2H3,(H,17,18). The number of aryl methyl sites for hydroxylation is 1. The normalized spacial score (nSPS) is 10.8. The molecule has 0 atom stereocenters. The molecular formula is C11H15N5O2. The lowest BCUT2D eigenvalue weighted by molar-refractivity contribution is -0.136. The number of hydrogen-bond acceptors (Lipinski definition) is 5. The molecule has 0 unspecified atom stereocenters. The SMILES string of the molecule is CCN(CCC(=O)O)c1ncnc2c1cnn2C. The average Bonchev–Trinajstić information content (AvgIpc) is 2.73. The summed E-state index contributed by atoms with van der Waals surface area (Å²) in [6.45, 7) is 3.08. The fourth-order valence-corrected chi connectivity index (χ4v) is 1.85. The number of fused-ring (bicyclic) bond motifs is 1. The van der Waals surface area contributed by atoms with Crippen molar-refractivity contribution < 1.29 is 9.90 Å². The van der Waals surface area contributed by atoms with Crippen molar-refractivity contribution in [1.82, 2.24) is 19.7 Å². The van der Waals surface area contributed by atoms with Gasteiger partial charge in [-0.15, -0.1) is 0 Å². The van der Waals surface area contributed by atoms with E-state index in [0.717, 1.165) is 16.9 Å². The second-order valence-corrected chi connectivity index (χ2v) is 3.93. The molecule has 0 amide bonds. The molecule has 0 spiro atoms. The van der Waals surface area contributed by atoms with Gasteiger partial charge in [0.05, 0.1) is 18.0 Å². The Bertz CT molecular complexity index is 566. The van der Waals surface area contributed by atoms with Gasteiger partial charge in [-0.3, -0.25) is 9.48 Å². The van der Waals surface area contributed by atoms with Crippen molar-refractivity contribution in [2.75, 3.05) is 18.0 Å². The third-order valence-corrected chi connectivity index (χ3v) is 2.79. The van der Waals surface area contributed by atoms with E-state index < -0.39 is 5.97 Å². The van der Waals surface area contributed by atoms with Crippen molar-refractivity contribution in [3.05, 3.63) is 12.5 Å². The molecule has 96 valence electrons. The summed E-state index contributed by atoms with van der Waals surface area (Å²) in [5.41, 5.74) is 0.744. The lowest BCUT2D eigenvalue weighted by Gasteiger charge is -2.21. The fraction of sp³-hybridized carbons (Fsp3) is 0.455. The molecule has 0 aliphatic heterocycles. The first-order chi connectivity index (χ1) is 8.63. The molecule has 2 aromatic heterocycles. The van der Waals surface area contributed by atoms with E-state index in [9.17, 15) is 4.79 Å². The number of aliphatic carboxylic acids is 1. The quantitative estimate of drug-likeness (QED) is 0.838. The van der Waals surface area contributed by atoms with Crippen LogP contribution < -0.4 is 4.90 Å². The van der Waals surface area contributed by atoms with Gasteiger partial charge in [0.1, 0.15) is 12.1 Å². The smallest absolute Gasteiger partial charge is 0.305 e. The van der Waals surface area contributed by atoms with Crippen molar-refractivity contribution in [3.63, 3.8) is 0 Å². The van der Waals surface area contributed by atoms with Gasteiger partial charge in [0.2, 0.25) is 0 Å². The van der Waals surface area contributed by atoms with Gasteiger partial charge < -0.3 is 10.0 Å². The number of rotatable bonds is 5. The fourth-order valence-electron chi connectivity index (χ4n) is 1.85. The lowest BCUT2D eigenvalue weighted by Crippen LogP contribution is -2.26. The first-order valence-corrected chi connectivity index (χ1v) is 5.73. The second-order valence-electron chi connectivity index (χ2n) is 3.93. The largest absolute Gasteiger partial charge is 0.481 e. The Morgan fingerprint density at radius 3 is 2.94 bits per heavy atom. The Labute approximate surface area is 104 Å². The number of hydrogen-bond donors (Lipinski definition) is 1. The van der Waals surface area contributed by atoms with Crippen molar-refractivity contribution in [3.8, 4) is 0 Å². The van der Waals surface area contributed by atoms with Crippen molar-refractivity contribution >= 4 is 22.8 Å². The van der Waals surface area contributed by atoms with E-state index in [2.05, 4.69) is 15.1 Å². The van der Waals surface area contributed by atoms with Crippen LogP contribution in [0.2, 0.25) is 0 Å². The van der Waals surface area contributed by atoms with Crippen LogP contribution in [0.4, 0.5) is 5.82 Å². The molecular weight excluding hydrogens is 234 g/mol. The maximum atomic E-state index is 10.6. The Morgan fingerprint density at radius 2 is 2.28 bits per heavy atom. The zero-order chi connectivity index (χ0) is 13.1. The molecule has 0 saturated carbocycles. The van der Waals surface area contributed by atoms with E-state index in [1.54, 1.807) is 10.9 Å². The zero-order valence-corrected chi connectivity index (χ0v) is 10.4. The summed E-state index contributed by atoms with van der Waals surface area (Å²) in [6.07, 6.45) is 3.26. The van der Waals surface area contributed by atoms with Gasteiger partial charge in [0.25, 0.3) is 0 Å². The minimum absolute atomic E-state index is 0.0829. The molecule has 0 aromatic carbocycles. The third kappa shape index (κ3) is 2.24. The van der Waals surface area contributed by atoms with Gasteiger partial charge in [0, 0.05) is 20.1 Å². The van der Waals surface area contributed by atoms with Gasteiger partial charge in [0.15, 0.2) is 5.65 Å². The summed E-state index contributed by atoms with van der Waals surface area (Å²) in [4.78, 5) is 21.0. The third-order valence-electron chi connectivity index (χ3n) is 2.79. The van der Waals surface area contributed by atoms with E-state index >= 15 is 0 Å². The van der Waals surface area contributed by atoms with Crippen LogP contribution in [0, 0.1) is 0 Å². The van der Waals surface area contributed by atoms with E-state index in [1.807, 2.05) is 18.9 Å². The molecule has 1 N–H and O–H groups in total. The first-order valence-electron chi connectivity index (χ1n) is 5.73. The Kier molecular flexibility index (Phi) is 3.40. The highest BCUT2D eigenvalue weighted by Gasteiger charge is 2.14. The first kappa shape index (κ1) is 12.3. The number of nitrogens with zero attached hydrogens (tertiary/aromatic N) is 5. The van der Waals surface area contributed by atoms with Crippen LogP contribution in [0.5, 0.6) is 0 Å². The van der Waals surface area contributed by atoms with Crippen LogP contribution >= 0.6 is 0 Å². The van der Waals surface area contributed by atoms with E-state index in [4.69, 9.17) is 5.11 Å². The molecule has 0 bridgehead atoms. The number of carboxylic acids is 1. The Hall–Kier alpha value is -2.18. The van der Waals surface area contributed by atoms with Crippen molar-refractivity contribution in [2.24, 2.45) is 7.05 Å². The predicted octanol–water partition coefficient (Wildman–Crippen LogP) is 0.664. The molecule has 0 aliphatic rings. The van der Waals surface area contributed by atoms with Crippen LogP contribution in [-0.4, -0.2) is 43.9 Å². The molecule has 2 heterocycles. The molecule has 0 fully saturated rings. The molecule has 2 rings (SSSR count). The summed E-state index contributed by atoms with van der Waals surface area (Å²) in [6, 6.07) is 0. The maximum absolute atomic E-state index is 10.6. The highest BCUT2D eigenvalue weighted by atomic mass is 16.4. The maximum Gasteiger partial charge on any atom is 0.305 e. The van der Waals surface area contributed by atoms with E-state index in [1.165, 1.54) is 6.33 Å². The minimum Gasteiger partial charge on any atom is -0.481 e. The highest BCUT2D eigenvalue weighted by molar-refractivity contribution is 5.86. The van der Waals surface area contributed by atoms with Crippen LogP contribution in [-0.2, 0) is 11.8 Å². The van der Waals surface area contributed by atoms with Crippen LogP contribution in [0.1, 0.15) is 13.3 Å². The van der Waals surface area contributed by atoms with Crippen LogP contribution in [0.3, 0.4) is 0 Å². The van der Waals surface area contributed by atoms with Crippen molar-refractivity contribution in [1.29, 1.82) is 0 Å². The summed E-state index contributed by atoms with van der Waals surface area (Å²) < 4.78 is 1.67. The van der Waals surface area contributed by atoms with E-state index in [-0.39, 0.29) is 6.42 Å². The van der Waals surface area contributed by atoms with Gasteiger partial charge in [-0.25, -0.2) is 9.97 Å². The lowest BCUT2D eigenvalue weighted by atomic mass is 10.3. The molecule has 18 heavy (non-hydrogen) atoms. The van der Waals surface area contributed by atoms with Gasteiger partial charge >= 0.3 is 5.97 Å². The average molecular weight is 249 g/mol. The molecule has 0 saturated heterocycles. The topological polar surface area (TPSA) is 84.1 Å². The van der Waals surface area contributed by atoms with Gasteiger partial charge in [-0.05, 0) is 6.92 Å². The molecule has 2 aromatic rings. The molecule has 0 aliphatic carbocycles. The van der Waals surface area contributed by atoms with Gasteiger partial charge in [-0.2, -0.15) is 5.10 Å². The summed E-state index contributed by atoms with van der Waals surface area (Å²) in [5.74, 6) is -0.0817. The minimum atomic E-state index is -0.815. The monoisotopic (exact) mass is 249 g/mol. The van der Waals surface area contributed by atoms with Crippen LogP contribution in [0.15, 0.2) is 12.5 Å². The number of carboxylic acid groups (broad SMARTS) is 1. The summed E-state index contributed by atoms with van der Waals surface area (Å²) >= 11 is 0. The van der Waals surface area contributed by atoms with Crippen LogP contribution in [0.25, 0.3) is 11.0 Å². The summed E-state index contributed by atoms with van der Waals surface area (Å²) in [5, 5.41) is 13.7. The Morgan fingerprint density at radius 1 is 1.50 bits per heavy atom. The number of aromatic nitrogens is 4. The van der Waals surface area contributed by atoms with Crippen molar-refractivity contribution in [2.45, 2.75) is 13.3 Å². The predicted molar refractivity (Wildman–Crippen MR) is 66.4 cm³/mol. The highest BCUT2D eigenvalue weighted by Crippen LogP contribution is 2.21. The number of anilines is 1. The molecule has 0 radical (unpaired) electrons. The van der Waals surface area contributed by atoms with E-state index in [0.29, 0.717) is 13.1 Å². The second kappa shape index (κ2) is 4.99. The molecule has 7 heteroatoms. The molecule has 7 nitrogen and oxygen atoms in total. The Balaban J connectivity index is 2.35. The number of carbonyl (C=O) groups is 1. The van der Waals surface area contributed by atoms with Gasteiger partial charge in [-0.1, -0.05) is 0 Å². The zero-order valence-electron chi connectivity index (χ0n) is 10.4.